The van der Waals surface area contributed by atoms with E-state index in [1.807, 2.05) is 0 Å². The van der Waals surface area contributed by atoms with Gasteiger partial charge >= 0.3 is 11.4 Å². The smallest absolute Gasteiger partial charge is 0.277 e. The van der Waals surface area contributed by atoms with Gasteiger partial charge in [-0.05, 0) is 12.1 Å². The Morgan fingerprint density at radius 1 is 0.810 bits per heavy atom. The van der Waals surface area contributed by atoms with Crippen LogP contribution in [0.2, 0.25) is 0 Å². The van der Waals surface area contributed by atoms with Crippen molar-refractivity contribution in [2.45, 2.75) is 5.66 Å². The molecule has 0 bridgehead atoms. The molecule has 0 aliphatic heterocycles. The summed E-state index contributed by atoms with van der Waals surface area (Å²) >= 11 is 0. The Morgan fingerprint density at radius 2 is 1.24 bits per heavy atom. The van der Waals surface area contributed by atoms with E-state index in [0.717, 1.165) is 0 Å². The first kappa shape index (κ1) is 14.3. The van der Waals surface area contributed by atoms with Crippen molar-refractivity contribution in [1.29, 1.82) is 0 Å². The predicted molar refractivity (Wildman–Crippen MR) is 72.9 cm³/mol. The molecule has 2 rings (SSSR count). The molecule has 2 aromatic rings. The molecule has 0 unspecified atom stereocenters. The minimum absolute atomic E-state index is 0.0882. The van der Waals surface area contributed by atoms with E-state index < -0.39 is 21.3 Å². The van der Waals surface area contributed by atoms with Gasteiger partial charge in [0.15, 0.2) is 0 Å². The Labute approximate surface area is 119 Å². The van der Waals surface area contributed by atoms with E-state index in [1.54, 1.807) is 12.1 Å². The molecule has 0 amide bonds. The van der Waals surface area contributed by atoms with E-state index in [4.69, 9.17) is 0 Å². The number of hydrogen-bond acceptors (Lipinski definition) is 5. The quantitative estimate of drug-likeness (QED) is 0.363. The number of hydrogen-bond donors (Lipinski definition) is 0. The highest BCUT2D eigenvalue weighted by Gasteiger charge is 2.65. The van der Waals surface area contributed by atoms with Gasteiger partial charge in [-0.3, -0.25) is 25.0 Å². The molecule has 21 heavy (non-hydrogen) atoms. The Kier molecular flexibility index (Phi) is 3.75. The summed E-state index contributed by atoms with van der Waals surface area (Å²) < 4.78 is 0. The summed E-state index contributed by atoms with van der Waals surface area (Å²) in [5, 5.41) is 22.8. The monoisotopic (exact) mass is 286 g/mol. The number of rotatable bonds is 5. The number of ketones is 1. The molecule has 7 heteroatoms. The second kappa shape index (κ2) is 5.49. The number of nitrogens with zero attached hydrogens (tertiary/aromatic N) is 2. The average molecular weight is 286 g/mol. The molecule has 0 N–H and O–H groups in total. The molecule has 0 atom stereocenters. The van der Waals surface area contributed by atoms with Crippen LogP contribution in [0.4, 0.5) is 0 Å². The Morgan fingerprint density at radius 3 is 1.67 bits per heavy atom. The lowest BCUT2D eigenvalue weighted by Gasteiger charge is -2.16. The van der Waals surface area contributed by atoms with Crippen LogP contribution in [0.5, 0.6) is 0 Å². The van der Waals surface area contributed by atoms with Crippen LogP contribution in [0.1, 0.15) is 15.9 Å². The van der Waals surface area contributed by atoms with Gasteiger partial charge in [0, 0.05) is 5.56 Å². The van der Waals surface area contributed by atoms with E-state index in [-0.39, 0.29) is 11.1 Å². The van der Waals surface area contributed by atoms with Crippen molar-refractivity contribution in [3.8, 4) is 0 Å². The van der Waals surface area contributed by atoms with E-state index in [2.05, 4.69) is 0 Å². The van der Waals surface area contributed by atoms with Gasteiger partial charge in [-0.25, -0.2) is 0 Å². The Balaban J connectivity index is 2.70. The first-order valence-electron chi connectivity index (χ1n) is 5.95. The zero-order valence-electron chi connectivity index (χ0n) is 10.7. The summed E-state index contributed by atoms with van der Waals surface area (Å²) in [6, 6.07) is 14.0. The minimum atomic E-state index is -3.04. The molecule has 2 aromatic carbocycles. The topological polar surface area (TPSA) is 103 Å². The standard InChI is InChI=1S/C14H10N2O5/c17-13(11-7-3-1-4-8-11)14(15(18)19,16(20)21)12-9-5-2-6-10-12/h1-10H. The van der Waals surface area contributed by atoms with Gasteiger partial charge < -0.3 is 0 Å². The second-order valence-corrected chi connectivity index (χ2v) is 4.25. The average Bonchev–Trinajstić information content (AvgIpc) is 2.49. The number of nitro groups is 2. The normalized spacial score (nSPS) is 10.9. The largest absolute Gasteiger partial charge is 0.546 e. The van der Waals surface area contributed by atoms with E-state index in [1.165, 1.54) is 48.5 Å². The molecule has 0 aliphatic rings. The van der Waals surface area contributed by atoms with Crippen molar-refractivity contribution >= 4 is 5.78 Å². The van der Waals surface area contributed by atoms with Crippen LogP contribution in [0, 0.1) is 20.2 Å². The first-order valence-corrected chi connectivity index (χ1v) is 5.95. The van der Waals surface area contributed by atoms with Gasteiger partial charge in [0.25, 0.3) is 0 Å². The third-order valence-corrected chi connectivity index (χ3v) is 3.06. The van der Waals surface area contributed by atoms with Crippen molar-refractivity contribution < 1.29 is 14.6 Å². The highest BCUT2D eigenvalue weighted by atomic mass is 16.7. The van der Waals surface area contributed by atoms with Gasteiger partial charge in [0.2, 0.25) is 0 Å². The molecule has 0 spiro atoms. The summed E-state index contributed by atoms with van der Waals surface area (Å²) in [5.41, 5.74) is -3.41. The lowest BCUT2D eigenvalue weighted by atomic mass is 9.91. The van der Waals surface area contributed by atoms with E-state index in [0.29, 0.717) is 0 Å². The van der Waals surface area contributed by atoms with Crippen LogP contribution in [0.3, 0.4) is 0 Å². The zero-order chi connectivity index (χ0) is 15.5. The number of benzene rings is 2. The highest BCUT2D eigenvalue weighted by Crippen LogP contribution is 2.30. The fourth-order valence-electron chi connectivity index (χ4n) is 2.04. The fraction of sp³-hybridized carbons (Fsp3) is 0.0714. The maximum absolute atomic E-state index is 12.5. The molecule has 0 fully saturated rings. The third-order valence-electron chi connectivity index (χ3n) is 3.06. The van der Waals surface area contributed by atoms with Crippen LogP contribution in [-0.4, -0.2) is 15.6 Å². The van der Waals surface area contributed by atoms with Gasteiger partial charge in [-0.15, -0.1) is 0 Å². The van der Waals surface area contributed by atoms with Crippen molar-refractivity contribution in [3.05, 3.63) is 92.0 Å². The van der Waals surface area contributed by atoms with Gasteiger partial charge in [-0.1, -0.05) is 48.5 Å². The highest BCUT2D eigenvalue weighted by molar-refractivity contribution is 6.01. The van der Waals surface area contributed by atoms with E-state index >= 15 is 0 Å². The maximum atomic E-state index is 12.5. The first-order chi connectivity index (χ1) is 10.0. The SMILES string of the molecule is O=C(c1ccccc1)C(c1ccccc1)([N+](=O)[O-])[N+](=O)[O-]. The summed E-state index contributed by atoms with van der Waals surface area (Å²) in [6.07, 6.45) is 0. The van der Waals surface area contributed by atoms with Crippen molar-refractivity contribution in [3.63, 3.8) is 0 Å². The van der Waals surface area contributed by atoms with Crippen LogP contribution in [0.25, 0.3) is 0 Å². The molecule has 0 heterocycles. The van der Waals surface area contributed by atoms with Crippen LogP contribution < -0.4 is 0 Å². The lowest BCUT2D eigenvalue weighted by Crippen LogP contribution is -2.50. The van der Waals surface area contributed by atoms with Gasteiger partial charge in [0.05, 0.1) is 0 Å². The summed E-state index contributed by atoms with van der Waals surface area (Å²) in [5.74, 6) is -1.18. The second-order valence-electron chi connectivity index (χ2n) is 4.25. The number of Topliss-reactive ketones (excluding diaryl/α,β-unsaturated/α-hetero) is 1. The molecule has 0 saturated heterocycles. The maximum Gasteiger partial charge on any atom is 0.546 e. The van der Waals surface area contributed by atoms with Crippen LogP contribution in [-0.2, 0) is 5.66 Å². The summed E-state index contributed by atoms with van der Waals surface area (Å²) in [4.78, 5) is 33.0. The third kappa shape index (κ3) is 2.25. The number of carbonyl (C=O) groups excluding carboxylic acids is 1. The zero-order valence-corrected chi connectivity index (χ0v) is 10.7. The fourth-order valence-corrected chi connectivity index (χ4v) is 2.04. The summed E-state index contributed by atoms with van der Waals surface area (Å²) in [6.45, 7) is 0. The molecule has 106 valence electrons. The minimum Gasteiger partial charge on any atom is -0.277 e. The van der Waals surface area contributed by atoms with Crippen molar-refractivity contribution in [1.82, 2.24) is 0 Å². The molecular weight excluding hydrogens is 276 g/mol. The molecule has 0 radical (unpaired) electrons. The van der Waals surface area contributed by atoms with Gasteiger partial charge in [0.1, 0.15) is 15.4 Å². The Hall–Kier alpha value is -3.09. The Bertz CT molecular complexity index is 671. The summed E-state index contributed by atoms with van der Waals surface area (Å²) in [7, 11) is 0. The molecular formula is C14H10N2O5. The number of carbonyl (C=O) groups is 1. The van der Waals surface area contributed by atoms with Crippen molar-refractivity contribution in [2.24, 2.45) is 0 Å². The van der Waals surface area contributed by atoms with Crippen molar-refractivity contribution in [2.75, 3.05) is 0 Å². The van der Waals surface area contributed by atoms with Crippen LogP contribution in [0.15, 0.2) is 60.7 Å². The predicted octanol–water partition coefficient (Wildman–Crippen LogP) is 2.28. The molecule has 0 aliphatic carbocycles. The molecule has 0 saturated carbocycles. The van der Waals surface area contributed by atoms with Crippen LogP contribution >= 0.6 is 0 Å². The van der Waals surface area contributed by atoms with E-state index in [9.17, 15) is 25.0 Å². The lowest BCUT2D eigenvalue weighted by molar-refractivity contribution is -0.786. The van der Waals surface area contributed by atoms with Gasteiger partial charge in [-0.2, -0.15) is 0 Å². The molecule has 7 nitrogen and oxygen atoms in total. The molecule has 0 aromatic heterocycles.